The maximum absolute atomic E-state index is 13.9. The van der Waals surface area contributed by atoms with Crippen molar-refractivity contribution in [3.8, 4) is 0 Å². The molecule has 0 radical (unpaired) electrons. The molecule has 0 amide bonds. The van der Waals surface area contributed by atoms with Crippen molar-refractivity contribution in [2.75, 3.05) is 0 Å². The molecule has 0 bridgehead atoms. The summed E-state index contributed by atoms with van der Waals surface area (Å²) in [5.41, 5.74) is 4.03. The van der Waals surface area contributed by atoms with Crippen LogP contribution in [0.5, 0.6) is 0 Å². The predicted octanol–water partition coefficient (Wildman–Crippen LogP) is 3.07. The van der Waals surface area contributed by atoms with E-state index in [1.165, 1.54) is 31.7 Å². The second kappa shape index (κ2) is 6.66. The van der Waals surface area contributed by atoms with Gasteiger partial charge in [-0.2, -0.15) is 0 Å². The quantitative estimate of drug-likeness (QED) is 0.283. The first-order chi connectivity index (χ1) is 9.20. The van der Waals surface area contributed by atoms with Crippen LogP contribution in [0.3, 0.4) is 0 Å². The molecular formula is C15H22FN3. The number of aliphatic imine (C=N–C) groups is 1. The summed E-state index contributed by atoms with van der Waals surface area (Å²) in [4.78, 5) is 4.63. The number of amidine groups is 1. The summed E-state index contributed by atoms with van der Waals surface area (Å²) in [6.45, 7) is 1.93. The molecule has 0 heterocycles. The number of aryl methyl sites for hydroxylation is 1. The molecule has 0 unspecified atom stereocenters. The third kappa shape index (κ3) is 3.77. The van der Waals surface area contributed by atoms with Crippen LogP contribution < -0.4 is 11.3 Å². The highest BCUT2D eigenvalue weighted by atomic mass is 19.1. The number of hydrogen-bond acceptors (Lipinski definition) is 2. The summed E-state index contributed by atoms with van der Waals surface area (Å²) < 4.78 is 13.9. The summed E-state index contributed by atoms with van der Waals surface area (Å²) in [5.74, 6) is 5.72. The molecule has 3 N–H and O–H groups in total. The van der Waals surface area contributed by atoms with Gasteiger partial charge in [0.1, 0.15) is 11.7 Å². The average molecular weight is 263 g/mol. The summed E-state index contributed by atoms with van der Waals surface area (Å²) in [7, 11) is 0. The van der Waals surface area contributed by atoms with Crippen molar-refractivity contribution in [2.45, 2.75) is 51.5 Å². The van der Waals surface area contributed by atoms with E-state index in [1.54, 1.807) is 12.1 Å². The third-order valence-electron chi connectivity index (χ3n) is 3.65. The van der Waals surface area contributed by atoms with Gasteiger partial charge in [0.05, 0.1) is 11.6 Å². The molecule has 4 heteroatoms. The zero-order valence-electron chi connectivity index (χ0n) is 11.5. The van der Waals surface area contributed by atoms with E-state index in [0.717, 1.165) is 18.4 Å². The van der Waals surface area contributed by atoms with Gasteiger partial charge >= 0.3 is 0 Å². The lowest BCUT2D eigenvalue weighted by Gasteiger charge is -2.13. The summed E-state index contributed by atoms with van der Waals surface area (Å²) in [5, 5.41) is 0. The van der Waals surface area contributed by atoms with E-state index >= 15 is 0 Å². The molecule has 2 rings (SSSR count). The minimum absolute atomic E-state index is 0.258. The predicted molar refractivity (Wildman–Crippen MR) is 76.5 cm³/mol. The maximum Gasteiger partial charge on any atom is 0.145 e. The molecule has 104 valence electrons. The van der Waals surface area contributed by atoms with E-state index in [2.05, 4.69) is 10.4 Å². The Kier molecular flexibility index (Phi) is 4.91. The van der Waals surface area contributed by atoms with Crippen molar-refractivity contribution in [3.05, 3.63) is 35.1 Å². The topological polar surface area (TPSA) is 50.4 Å². The van der Waals surface area contributed by atoms with Crippen LogP contribution in [0.2, 0.25) is 0 Å². The highest BCUT2D eigenvalue weighted by Crippen LogP contribution is 2.21. The van der Waals surface area contributed by atoms with Crippen molar-refractivity contribution in [3.63, 3.8) is 0 Å². The maximum atomic E-state index is 13.9. The van der Waals surface area contributed by atoms with Crippen LogP contribution >= 0.6 is 0 Å². The summed E-state index contributed by atoms with van der Waals surface area (Å²) in [6, 6.07) is 5.25. The van der Waals surface area contributed by atoms with Gasteiger partial charge in [0, 0.05) is 0 Å². The van der Waals surface area contributed by atoms with Crippen LogP contribution in [0.15, 0.2) is 23.2 Å². The van der Waals surface area contributed by atoms with E-state index in [-0.39, 0.29) is 11.9 Å². The second-order valence-corrected chi connectivity index (χ2v) is 5.25. The first-order valence-corrected chi connectivity index (χ1v) is 7.01. The van der Waals surface area contributed by atoms with Crippen LogP contribution in [-0.4, -0.2) is 11.9 Å². The van der Waals surface area contributed by atoms with Gasteiger partial charge in [-0.05, 0) is 31.9 Å². The number of hydrogen-bond donors (Lipinski definition) is 2. The number of nitrogens with zero attached hydrogens (tertiary/aromatic N) is 1. The fourth-order valence-corrected chi connectivity index (χ4v) is 2.57. The van der Waals surface area contributed by atoms with Gasteiger partial charge in [-0.15, -0.1) is 0 Å². The highest BCUT2D eigenvalue weighted by Gasteiger charge is 2.14. The SMILES string of the molecule is Cc1ccc(F)c(C(=NC2CCCCCC2)NN)c1. The Morgan fingerprint density at radius 2 is 1.95 bits per heavy atom. The lowest BCUT2D eigenvalue weighted by atomic mass is 10.1. The van der Waals surface area contributed by atoms with Crippen LogP contribution in [0.25, 0.3) is 0 Å². The number of halogens is 1. The van der Waals surface area contributed by atoms with Crippen molar-refractivity contribution in [1.29, 1.82) is 0 Å². The molecule has 1 aromatic carbocycles. The van der Waals surface area contributed by atoms with E-state index in [4.69, 9.17) is 5.84 Å². The Hall–Kier alpha value is -1.42. The van der Waals surface area contributed by atoms with E-state index in [0.29, 0.717) is 11.4 Å². The second-order valence-electron chi connectivity index (χ2n) is 5.25. The summed E-state index contributed by atoms with van der Waals surface area (Å²) in [6.07, 6.45) is 7.08. The van der Waals surface area contributed by atoms with E-state index in [1.807, 2.05) is 6.92 Å². The molecule has 0 spiro atoms. The van der Waals surface area contributed by atoms with Crippen LogP contribution in [0.1, 0.15) is 49.7 Å². The van der Waals surface area contributed by atoms with Gasteiger partial charge in [-0.3, -0.25) is 4.99 Å². The molecule has 1 aromatic rings. The lowest BCUT2D eigenvalue weighted by Crippen LogP contribution is -2.33. The molecule has 1 aliphatic carbocycles. The standard InChI is InChI=1S/C15H22FN3/c1-11-8-9-14(16)13(10-11)15(19-17)18-12-6-4-2-3-5-7-12/h8-10,12H,2-7,17H2,1H3,(H,18,19). The van der Waals surface area contributed by atoms with Gasteiger partial charge in [-0.25, -0.2) is 10.2 Å². The molecule has 3 nitrogen and oxygen atoms in total. The van der Waals surface area contributed by atoms with E-state index in [9.17, 15) is 4.39 Å². The minimum Gasteiger partial charge on any atom is -0.308 e. The van der Waals surface area contributed by atoms with Crippen LogP contribution in [-0.2, 0) is 0 Å². The number of nitrogens with two attached hydrogens (primary N) is 1. The normalized spacial score (nSPS) is 18.2. The number of rotatable bonds is 2. The van der Waals surface area contributed by atoms with Crippen molar-refractivity contribution >= 4 is 5.84 Å². The first kappa shape index (κ1) is 14.0. The number of benzene rings is 1. The van der Waals surface area contributed by atoms with Gasteiger partial charge in [0.15, 0.2) is 0 Å². The molecule has 19 heavy (non-hydrogen) atoms. The zero-order chi connectivity index (χ0) is 13.7. The smallest absolute Gasteiger partial charge is 0.145 e. The van der Waals surface area contributed by atoms with Crippen molar-refractivity contribution in [2.24, 2.45) is 10.8 Å². The Bertz CT molecular complexity index is 449. The fourth-order valence-electron chi connectivity index (χ4n) is 2.57. The molecule has 0 saturated heterocycles. The van der Waals surface area contributed by atoms with E-state index < -0.39 is 0 Å². The van der Waals surface area contributed by atoms with Crippen LogP contribution in [0.4, 0.5) is 4.39 Å². The molecule has 1 saturated carbocycles. The third-order valence-corrected chi connectivity index (χ3v) is 3.65. The molecular weight excluding hydrogens is 241 g/mol. The van der Waals surface area contributed by atoms with Crippen molar-refractivity contribution in [1.82, 2.24) is 5.43 Å². The molecule has 0 aromatic heterocycles. The monoisotopic (exact) mass is 263 g/mol. The Morgan fingerprint density at radius 1 is 1.26 bits per heavy atom. The Balaban J connectivity index is 2.24. The van der Waals surface area contributed by atoms with Crippen molar-refractivity contribution < 1.29 is 4.39 Å². The zero-order valence-corrected chi connectivity index (χ0v) is 11.5. The molecule has 1 aliphatic rings. The molecule has 1 fully saturated rings. The van der Waals surface area contributed by atoms with Gasteiger partial charge in [-0.1, -0.05) is 37.3 Å². The number of nitrogens with one attached hydrogen (secondary N) is 1. The average Bonchev–Trinajstić information content (AvgIpc) is 2.67. The fraction of sp³-hybridized carbons (Fsp3) is 0.533. The largest absolute Gasteiger partial charge is 0.308 e. The minimum atomic E-state index is -0.282. The van der Waals surface area contributed by atoms with Gasteiger partial charge < -0.3 is 5.43 Å². The Morgan fingerprint density at radius 3 is 2.58 bits per heavy atom. The Labute approximate surface area is 114 Å². The number of hydrazine groups is 1. The highest BCUT2D eigenvalue weighted by molar-refractivity contribution is 5.98. The first-order valence-electron chi connectivity index (χ1n) is 7.01. The summed E-state index contributed by atoms with van der Waals surface area (Å²) >= 11 is 0. The molecule has 0 aliphatic heterocycles. The van der Waals surface area contributed by atoms with Crippen LogP contribution in [0, 0.1) is 12.7 Å². The van der Waals surface area contributed by atoms with Gasteiger partial charge in [0.25, 0.3) is 0 Å². The lowest BCUT2D eigenvalue weighted by molar-refractivity contribution is 0.581. The molecule has 0 atom stereocenters. The van der Waals surface area contributed by atoms with Gasteiger partial charge in [0.2, 0.25) is 0 Å².